The molecule has 0 radical (unpaired) electrons. The summed E-state index contributed by atoms with van der Waals surface area (Å²) in [5, 5.41) is 0. The van der Waals surface area contributed by atoms with Crippen molar-refractivity contribution in [3.63, 3.8) is 0 Å². The Morgan fingerprint density at radius 2 is 1.62 bits per heavy atom. The van der Waals surface area contributed by atoms with Crippen LogP contribution in [0.3, 0.4) is 0 Å². The van der Waals surface area contributed by atoms with E-state index >= 15 is 0 Å². The normalized spacial score (nSPS) is 20.8. The average molecular weight is 183 g/mol. The summed E-state index contributed by atoms with van der Waals surface area (Å²) < 4.78 is 0. The summed E-state index contributed by atoms with van der Waals surface area (Å²) in [7, 11) is 0. The Labute approximate surface area is 83.5 Å². The van der Waals surface area contributed by atoms with Gasteiger partial charge in [0, 0.05) is 18.6 Å². The molecule has 0 aromatic heterocycles. The maximum absolute atomic E-state index is 2.59. The highest BCUT2D eigenvalue weighted by Gasteiger charge is 2.36. The highest BCUT2D eigenvalue weighted by molar-refractivity contribution is 4.90. The third-order valence-electron chi connectivity index (χ3n) is 3.57. The minimum Gasteiger partial charge on any atom is -0.298 e. The summed E-state index contributed by atoms with van der Waals surface area (Å²) >= 11 is 0. The van der Waals surface area contributed by atoms with Crippen molar-refractivity contribution in [3.8, 4) is 0 Å². The Morgan fingerprint density at radius 1 is 1.15 bits per heavy atom. The van der Waals surface area contributed by atoms with Crippen molar-refractivity contribution in [2.75, 3.05) is 13.1 Å². The van der Waals surface area contributed by atoms with Crippen LogP contribution in [0, 0.1) is 11.8 Å². The molecule has 1 saturated heterocycles. The zero-order valence-corrected chi connectivity index (χ0v) is 9.93. The molecular weight excluding hydrogens is 158 g/mol. The number of hydrogen-bond acceptors (Lipinski definition) is 1. The first-order valence-electron chi connectivity index (χ1n) is 5.74. The monoisotopic (exact) mass is 183 g/mol. The molecule has 1 aliphatic rings. The molecule has 1 aliphatic heterocycles. The molecule has 0 saturated carbocycles. The highest BCUT2D eigenvalue weighted by Crippen LogP contribution is 2.32. The largest absolute Gasteiger partial charge is 0.298 e. The predicted octanol–water partition coefficient (Wildman–Crippen LogP) is 3.15. The van der Waals surface area contributed by atoms with Crippen LogP contribution < -0.4 is 0 Å². The van der Waals surface area contributed by atoms with Gasteiger partial charge < -0.3 is 0 Å². The molecule has 1 fully saturated rings. The summed E-state index contributed by atoms with van der Waals surface area (Å²) in [6, 6.07) is 0. The van der Waals surface area contributed by atoms with Gasteiger partial charge in [0.2, 0.25) is 0 Å². The predicted molar refractivity (Wildman–Crippen MR) is 58.9 cm³/mol. The van der Waals surface area contributed by atoms with E-state index in [4.69, 9.17) is 0 Å². The molecule has 0 atom stereocenters. The van der Waals surface area contributed by atoms with Crippen molar-refractivity contribution in [1.29, 1.82) is 0 Å². The van der Waals surface area contributed by atoms with E-state index in [1.165, 1.54) is 25.9 Å². The molecule has 0 N–H and O–H groups in total. The fourth-order valence-electron chi connectivity index (χ4n) is 2.31. The molecule has 0 unspecified atom stereocenters. The first-order valence-corrected chi connectivity index (χ1v) is 5.74. The van der Waals surface area contributed by atoms with Gasteiger partial charge in [0.1, 0.15) is 0 Å². The van der Waals surface area contributed by atoms with Gasteiger partial charge in [0.15, 0.2) is 0 Å². The molecule has 0 aliphatic carbocycles. The van der Waals surface area contributed by atoms with E-state index in [9.17, 15) is 0 Å². The first-order chi connectivity index (χ1) is 5.99. The van der Waals surface area contributed by atoms with Gasteiger partial charge in [-0.25, -0.2) is 0 Å². The smallest absolute Gasteiger partial charge is 0.0125 e. The molecule has 1 heteroatoms. The molecule has 0 bridgehead atoms. The van der Waals surface area contributed by atoms with Crippen molar-refractivity contribution < 1.29 is 0 Å². The highest BCUT2D eigenvalue weighted by atomic mass is 15.2. The Bertz CT molecular complexity index is 147. The van der Waals surface area contributed by atoms with Gasteiger partial charge in [-0.1, -0.05) is 26.7 Å². The molecule has 0 aromatic carbocycles. The van der Waals surface area contributed by atoms with Gasteiger partial charge in [0.05, 0.1) is 0 Å². The summed E-state index contributed by atoms with van der Waals surface area (Å²) in [4.78, 5) is 2.59. The van der Waals surface area contributed by atoms with E-state index in [-0.39, 0.29) is 0 Å². The van der Waals surface area contributed by atoms with Crippen LogP contribution in [-0.2, 0) is 0 Å². The van der Waals surface area contributed by atoms with Crippen LogP contribution in [-0.4, -0.2) is 23.5 Å². The third-order valence-corrected chi connectivity index (χ3v) is 3.57. The Kier molecular flexibility index (Phi) is 3.39. The number of likely N-dealkylation sites (tertiary alicyclic amines) is 1. The average Bonchev–Trinajstić information content (AvgIpc) is 1.92. The molecule has 0 aromatic rings. The maximum Gasteiger partial charge on any atom is 0.0125 e. The lowest BCUT2D eigenvalue weighted by molar-refractivity contribution is -0.0148. The van der Waals surface area contributed by atoms with Crippen molar-refractivity contribution >= 4 is 0 Å². The lowest BCUT2D eigenvalue weighted by Gasteiger charge is -2.50. The van der Waals surface area contributed by atoms with Crippen LogP contribution in [0.1, 0.15) is 47.5 Å². The van der Waals surface area contributed by atoms with Crippen molar-refractivity contribution in [3.05, 3.63) is 0 Å². The van der Waals surface area contributed by atoms with Crippen molar-refractivity contribution in [2.45, 2.75) is 53.0 Å². The number of nitrogens with zero attached hydrogens (tertiary/aromatic N) is 1. The van der Waals surface area contributed by atoms with E-state index in [1.807, 2.05) is 0 Å². The maximum atomic E-state index is 2.59. The molecule has 0 amide bonds. The van der Waals surface area contributed by atoms with Crippen LogP contribution in [0.25, 0.3) is 0 Å². The van der Waals surface area contributed by atoms with Crippen LogP contribution in [0.4, 0.5) is 0 Å². The first kappa shape index (κ1) is 11.0. The minimum atomic E-state index is 0.391. The Morgan fingerprint density at radius 3 is 1.92 bits per heavy atom. The van der Waals surface area contributed by atoms with Crippen molar-refractivity contribution in [1.82, 2.24) is 4.90 Å². The molecule has 1 rings (SSSR count). The standard InChI is InChI=1S/C12H25N/c1-6-10(7-2)11-8-13(9-11)12(3,4)5/h10-11H,6-9H2,1-5H3. The second kappa shape index (κ2) is 4.00. The topological polar surface area (TPSA) is 3.24 Å². The Balaban J connectivity index is 2.32. The fraction of sp³-hybridized carbons (Fsp3) is 1.00. The summed E-state index contributed by atoms with van der Waals surface area (Å²) in [6.45, 7) is 14.3. The van der Waals surface area contributed by atoms with E-state index in [1.54, 1.807) is 0 Å². The van der Waals surface area contributed by atoms with Gasteiger partial charge in [-0.15, -0.1) is 0 Å². The van der Waals surface area contributed by atoms with Crippen LogP contribution in [0.5, 0.6) is 0 Å². The quantitative estimate of drug-likeness (QED) is 0.649. The lowest BCUT2D eigenvalue weighted by atomic mass is 9.80. The molecule has 0 spiro atoms. The molecule has 13 heavy (non-hydrogen) atoms. The SMILES string of the molecule is CCC(CC)C1CN(C(C)(C)C)C1. The Hall–Kier alpha value is -0.0400. The van der Waals surface area contributed by atoms with Gasteiger partial charge >= 0.3 is 0 Å². The second-order valence-electron chi connectivity index (χ2n) is 5.41. The zero-order chi connectivity index (χ0) is 10.1. The van der Waals surface area contributed by atoms with E-state index in [0.29, 0.717) is 5.54 Å². The molecule has 1 heterocycles. The van der Waals surface area contributed by atoms with E-state index < -0.39 is 0 Å². The van der Waals surface area contributed by atoms with E-state index in [0.717, 1.165) is 11.8 Å². The summed E-state index contributed by atoms with van der Waals surface area (Å²) in [5.41, 5.74) is 0.391. The van der Waals surface area contributed by atoms with Crippen LogP contribution in [0.15, 0.2) is 0 Å². The fourth-order valence-corrected chi connectivity index (χ4v) is 2.31. The molecular formula is C12H25N. The van der Waals surface area contributed by atoms with Crippen LogP contribution in [0.2, 0.25) is 0 Å². The van der Waals surface area contributed by atoms with Crippen molar-refractivity contribution in [2.24, 2.45) is 11.8 Å². The third kappa shape index (κ3) is 2.46. The van der Waals surface area contributed by atoms with Gasteiger partial charge in [0.25, 0.3) is 0 Å². The summed E-state index contributed by atoms with van der Waals surface area (Å²) in [6.07, 6.45) is 2.72. The zero-order valence-electron chi connectivity index (χ0n) is 9.93. The molecule has 1 nitrogen and oxygen atoms in total. The number of hydrogen-bond donors (Lipinski definition) is 0. The van der Waals surface area contributed by atoms with Gasteiger partial charge in [-0.3, -0.25) is 4.90 Å². The van der Waals surface area contributed by atoms with Gasteiger partial charge in [-0.05, 0) is 32.6 Å². The van der Waals surface area contributed by atoms with E-state index in [2.05, 4.69) is 39.5 Å². The summed E-state index contributed by atoms with van der Waals surface area (Å²) in [5.74, 6) is 1.95. The van der Waals surface area contributed by atoms with Gasteiger partial charge in [-0.2, -0.15) is 0 Å². The minimum absolute atomic E-state index is 0.391. The van der Waals surface area contributed by atoms with Crippen LogP contribution >= 0.6 is 0 Å². The number of rotatable bonds is 3. The lowest BCUT2D eigenvalue weighted by Crippen LogP contribution is -2.57. The second-order valence-corrected chi connectivity index (χ2v) is 5.41. The molecule has 78 valence electrons.